The van der Waals surface area contributed by atoms with Gasteiger partial charge in [0.1, 0.15) is 11.9 Å². The van der Waals surface area contributed by atoms with Crippen LogP contribution in [0.1, 0.15) is 23.2 Å². The topological polar surface area (TPSA) is 87.3 Å². The molecule has 0 radical (unpaired) electrons. The number of anilines is 2. The molecule has 3 N–H and O–H groups in total. The molecule has 0 aliphatic carbocycles. The third kappa shape index (κ3) is 4.00. The van der Waals surface area contributed by atoms with Gasteiger partial charge in [-0.15, -0.1) is 0 Å². The number of hydrogen-bond donors (Lipinski definition) is 3. The molecule has 134 valence electrons. The van der Waals surface area contributed by atoms with Crippen molar-refractivity contribution in [1.82, 2.24) is 5.32 Å². The summed E-state index contributed by atoms with van der Waals surface area (Å²) in [5, 5.41) is 7.77. The van der Waals surface area contributed by atoms with Gasteiger partial charge in [0.25, 0.3) is 5.91 Å². The minimum atomic E-state index is -0.836. The maximum atomic E-state index is 13.1. The smallest absolute Gasteiger partial charge is 0.254 e. The molecule has 3 rings (SSSR count). The lowest BCUT2D eigenvalue weighted by Crippen LogP contribution is -2.41. The molecule has 1 heterocycles. The van der Waals surface area contributed by atoms with Gasteiger partial charge < -0.3 is 16.0 Å². The number of halogens is 2. The average Bonchev–Trinajstić information content (AvgIpc) is 2.73. The van der Waals surface area contributed by atoms with Gasteiger partial charge in [0.05, 0.1) is 16.3 Å². The van der Waals surface area contributed by atoms with Crippen LogP contribution in [0, 0.1) is 5.82 Å². The molecule has 1 atom stereocenters. The van der Waals surface area contributed by atoms with Crippen LogP contribution < -0.4 is 16.0 Å². The van der Waals surface area contributed by atoms with E-state index in [-0.39, 0.29) is 35.6 Å². The maximum absolute atomic E-state index is 13.1. The van der Waals surface area contributed by atoms with Crippen LogP contribution in [0.5, 0.6) is 0 Å². The Morgan fingerprint density at radius 3 is 2.73 bits per heavy atom. The highest BCUT2D eigenvalue weighted by atomic mass is 35.5. The van der Waals surface area contributed by atoms with Crippen molar-refractivity contribution in [3.05, 3.63) is 58.9 Å². The zero-order chi connectivity index (χ0) is 18.7. The standard InChI is InChI=1S/C18H15ClFN3O3/c19-12-9-10(5-6-13(12)20)21-16(24)8-7-15-18(26)22-14-4-2-1-3-11(14)17(25)23-15/h1-6,9,15H,7-8H2,(H,21,24)(H,22,26)(H,23,25)/t15-/m0/s1. The summed E-state index contributed by atoms with van der Waals surface area (Å²) in [6.07, 6.45) is 0.107. The highest BCUT2D eigenvalue weighted by molar-refractivity contribution is 6.31. The van der Waals surface area contributed by atoms with E-state index in [9.17, 15) is 18.8 Å². The molecule has 26 heavy (non-hydrogen) atoms. The summed E-state index contributed by atoms with van der Waals surface area (Å²) in [6, 6.07) is 9.66. The molecular formula is C18H15ClFN3O3. The van der Waals surface area contributed by atoms with Gasteiger partial charge >= 0.3 is 0 Å². The molecule has 0 spiro atoms. The molecule has 0 fully saturated rings. The van der Waals surface area contributed by atoms with E-state index in [0.29, 0.717) is 16.9 Å². The van der Waals surface area contributed by atoms with Crippen molar-refractivity contribution >= 4 is 40.7 Å². The number of carbonyl (C=O) groups is 3. The quantitative estimate of drug-likeness (QED) is 0.767. The van der Waals surface area contributed by atoms with Gasteiger partial charge in [-0.1, -0.05) is 23.7 Å². The van der Waals surface area contributed by atoms with Gasteiger partial charge in [-0.05, 0) is 36.8 Å². The number of fused-ring (bicyclic) bond motifs is 1. The number of nitrogens with one attached hydrogen (secondary N) is 3. The van der Waals surface area contributed by atoms with Crippen LogP contribution in [0.3, 0.4) is 0 Å². The van der Waals surface area contributed by atoms with E-state index >= 15 is 0 Å². The minimum Gasteiger partial charge on any atom is -0.340 e. The largest absolute Gasteiger partial charge is 0.340 e. The van der Waals surface area contributed by atoms with E-state index in [0.717, 1.165) is 6.07 Å². The van der Waals surface area contributed by atoms with E-state index in [1.807, 2.05) is 0 Å². The zero-order valence-corrected chi connectivity index (χ0v) is 14.3. The van der Waals surface area contributed by atoms with E-state index in [4.69, 9.17) is 11.6 Å². The molecule has 6 nitrogen and oxygen atoms in total. The summed E-state index contributed by atoms with van der Waals surface area (Å²) >= 11 is 5.67. The summed E-state index contributed by atoms with van der Waals surface area (Å²) in [7, 11) is 0. The highest BCUT2D eigenvalue weighted by Crippen LogP contribution is 2.21. The monoisotopic (exact) mass is 375 g/mol. The van der Waals surface area contributed by atoms with E-state index in [1.165, 1.54) is 12.1 Å². The molecule has 3 amide bonds. The zero-order valence-electron chi connectivity index (χ0n) is 13.5. The van der Waals surface area contributed by atoms with Crippen LogP contribution in [-0.4, -0.2) is 23.8 Å². The first-order valence-electron chi connectivity index (χ1n) is 7.89. The first kappa shape index (κ1) is 17.9. The lowest BCUT2D eigenvalue weighted by Gasteiger charge is -2.14. The van der Waals surface area contributed by atoms with E-state index < -0.39 is 11.9 Å². The van der Waals surface area contributed by atoms with E-state index in [1.54, 1.807) is 24.3 Å². The first-order valence-corrected chi connectivity index (χ1v) is 8.27. The number of carbonyl (C=O) groups excluding carboxylic acids is 3. The van der Waals surface area contributed by atoms with Crippen molar-refractivity contribution in [1.29, 1.82) is 0 Å². The number of benzene rings is 2. The van der Waals surface area contributed by atoms with Crippen molar-refractivity contribution in [3.8, 4) is 0 Å². The van der Waals surface area contributed by atoms with Gasteiger partial charge in [0.15, 0.2) is 0 Å². The number of rotatable bonds is 4. The molecule has 1 aliphatic rings. The average molecular weight is 376 g/mol. The number of para-hydroxylation sites is 1. The van der Waals surface area contributed by atoms with Crippen molar-refractivity contribution < 1.29 is 18.8 Å². The molecule has 0 saturated heterocycles. The third-order valence-electron chi connectivity index (χ3n) is 3.91. The predicted octanol–water partition coefficient (Wildman–Crippen LogP) is 2.95. The minimum absolute atomic E-state index is 0.0102. The van der Waals surface area contributed by atoms with Gasteiger partial charge in [0, 0.05) is 12.1 Å². The van der Waals surface area contributed by atoms with Gasteiger partial charge in [-0.25, -0.2) is 4.39 Å². The Morgan fingerprint density at radius 1 is 1.19 bits per heavy atom. The van der Waals surface area contributed by atoms with Crippen LogP contribution in [0.15, 0.2) is 42.5 Å². The second-order valence-corrected chi connectivity index (χ2v) is 6.18. The number of amides is 3. The fraction of sp³-hybridized carbons (Fsp3) is 0.167. The molecule has 0 unspecified atom stereocenters. The van der Waals surface area contributed by atoms with Crippen LogP contribution in [-0.2, 0) is 9.59 Å². The fourth-order valence-corrected chi connectivity index (χ4v) is 2.77. The van der Waals surface area contributed by atoms with Crippen molar-refractivity contribution in [2.24, 2.45) is 0 Å². The Balaban J connectivity index is 1.60. The van der Waals surface area contributed by atoms with Gasteiger partial charge in [0.2, 0.25) is 11.8 Å². The fourth-order valence-electron chi connectivity index (χ4n) is 2.59. The summed E-state index contributed by atoms with van der Waals surface area (Å²) in [4.78, 5) is 36.5. The Labute approximate surface area is 153 Å². The second kappa shape index (κ2) is 7.53. The maximum Gasteiger partial charge on any atom is 0.254 e. The Hall–Kier alpha value is -2.93. The molecule has 2 aromatic carbocycles. The predicted molar refractivity (Wildman–Crippen MR) is 95.6 cm³/mol. The summed E-state index contributed by atoms with van der Waals surface area (Å²) < 4.78 is 13.1. The summed E-state index contributed by atoms with van der Waals surface area (Å²) in [6.45, 7) is 0. The molecule has 0 aromatic heterocycles. The van der Waals surface area contributed by atoms with Crippen LogP contribution in [0.2, 0.25) is 5.02 Å². The normalized spacial score (nSPS) is 16.2. The Bertz CT molecular complexity index is 888. The molecular weight excluding hydrogens is 361 g/mol. The Kier molecular flexibility index (Phi) is 5.18. The third-order valence-corrected chi connectivity index (χ3v) is 4.20. The van der Waals surface area contributed by atoms with Crippen molar-refractivity contribution in [2.75, 3.05) is 10.6 Å². The van der Waals surface area contributed by atoms with Gasteiger partial charge in [-0.3, -0.25) is 14.4 Å². The SMILES string of the molecule is O=C(CC[C@@H]1NC(=O)c2ccccc2NC1=O)Nc1ccc(F)c(Cl)c1. The van der Waals surface area contributed by atoms with Crippen LogP contribution in [0.4, 0.5) is 15.8 Å². The highest BCUT2D eigenvalue weighted by Gasteiger charge is 2.27. The Morgan fingerprint density at radius 2 is 1.96 bits per heavy atom. The first-order chi connectivity index (χ1) is 12.4. The van der Waals surface area contributed by atoms with Crippen LogP contribution >= 0.6 is 11.6 Å². The molecule has 8 heteroatoms. The summed E-state index contributed by atoms with van der Waals surface area (Å²) in [5.41, 5.74) is 1.15. The lowest BCUT2D eigenvalue weighted by molar-refractivity contribution is -0.118. The number of hydrogen-bond acceptors (Lipinski definition) is 3. The molecule has 0 bridgehead atoms. The molecule has 0 saturated carbocycles. The molecule has 1 aliphatic heterocycles. The van der Waals surface area contributed by atoms with E-state index in [2.05, 4.69) is 16.0 Å². The van der Waals surface area contributed by atoms with Crippen molar-refractivity contribution in [3.63, 3.8) is 0 Å². The lowest BCUT2D eigenvalue weighted by atomic mass is 10.1. The summed E-state index contributed by atoms with van der Waals surface area (Å²) in [5.74, 6) is -1.73. The second-order valence-electron chi connectivity index (χ2n) is 5.78. The van der Waals surface area contributed by atoms with Gasteiger partial charge in [-0.2, -0.15) is 0 Å². The van der Waals surface area contributed by atoms with Crippen LogP contribution in [0.25, 0.3) is 0 Å². The van der Waals surface area contributed by atoms with Crippen molar-refractivity contribution in [2.45, 2.75) is 18.9 Å². The molecule has 2 aromatic rings.